The number of hydrogen-bond donors (Lipinski definition) is 2. The van der Waals surface area contributed by atoms with Gasteiger partial charge in [-0.15, -0.1) is 0 Å². The molecule has 118 valence electrons. The normalized spacial score (nSPS) is 13.0. The second-order valence-corrected chi connectivity index (χ2v) is 6.86. The Bertz CT molecular complexity index is 624. The van der Waals surface area contributed by atoms with Crippen LogP contribution in [0.5, 0.6) is 0 Å². The van der Waals surface area contributed by atoms with Crippen LogP contribution in [-0.2, 0) is 10.0 Å². The van der Waals surface area contributed by atoms with Gasteiger partial charge in [0.2, 0.25) is 10.0 Å². The van der Waals surface area contributed by atoms with Gasteiger partial charge in [0.05, 0.1) is 4.90 Å². The molecule has 1 amide bonds. The van der Waals surface area contributed by atoms with Crippen molar-refractivity contribution in [2.24, 2.45) is 5.14 Å². The van der Waals surface area contributed by atoms with Crippen molar-refractivity contribution in [3.63, 3.8) is 0 Å². The van der Waals surface area contributed by atoms with E-state index in [-0.39, 0.29) is 16.8 Å². The van der Waals surface area contributed by atoms with Gasteiger partial charge >= 0.3 is 0 Å². The molecule has 1 unspecified atom stereocenters. The molecule has 0 bridgehead atoms. The number of rotatable bonds is 6. The van der Waals surface area contributed by atoms with Gasteiger partial charge in [0, 0.05) is 11.6 Å². The number of nitrogens with two attached hydrogens (primary N) is 1. The number of carbonyl (C=O) groups is 1. The fraction of sp³-hybridized carbons (Fsp3) is 0.533. The number of sulfonamides is 1. The van der Waals surface area contributed by atoms with E-state index in [4.69, 9.17) is 5.14 Å². The molecule has 0 aliphatic rings. The predicted octanol–water partition coefficient (Wildman–Crippen LogP) is 2.26. The van der Waals surface area contributed by atoms with Gasteiger partial charge < -0.3 is 5.32 Å². The van der Waals surface area contributed by atoms with E-state index in [0.717, 1.165) is 24.8 Å². The van der Waals surface area contributed by atoms with Gasteiger partial charge in [-0.05, 0) is 49.9 Å². The Labute approximate surface area is 127 Å². The van der Waals surface area contributed by atoms with Crippen LogP contribution >= 0.6 is 0 Å². The van der Waals surface area contributed by atoms with Gasteiger partial charge in [-0.25, -0.2) is 13.6 Å². The summed E-state index contributed by atoms with van der Waals surface area (Å²) in [6, 6.07) is 3.14. The van der Waals surface area contributed by atoms with Crippen LogP contribution in [0.1, 0.15) is 54.6 Å². The summed E-state index contributed by atoms with van der Waals surface area (Å²) in [6.07, 6.45) is 2.72. The first-order valence-corrected chi connectivity index (χ1v) is 8.70. The molecule has 0 aliphatic heterocycles. The molecule has 1 rings (SSSR count). The van der Waals surface area contributed by atoms with Crippen molar-refractivity contribution in [2.45, 2.75) is 57.9 Å². The van der Waals surface area contributed by atoms with Crippen LogP contribution in [0.4, 0.5) is 0 Å². The molecule has 0 fully saturated rings. The van der Waals surface area contributed by atoms with Gasteiger partial charge in [-0.3, -0.25) is 4.79 Å². The Morgan fingerprint density at radius 1 is 1.29 bits per heavy atom. The zero-order valence-corrected chi connectivity index (χ0v) is 13.9. The molecule has 1 atom stereocenters. The standard InChI is InChI=1S/C15H24N2O3S/c1-5-7-13(6-2)17-15(18)12-8-10(3)11(4)14(9-12)21(16,19)20/h8-9,13H,5-7H2,1-4H3,(H,17,18)(H2,16,19,20). The number of carbonyl (C=O) groups excluding carboxylic acids is 1. The zero-order valence-electron chi connectivity index (χ0n) is 13.1. The summed E-state index contributed by atoms with van der Waals surface area (Å²) in [5, 5.41) is 8.15. The Balaban J connectivity index is 3.14. The van der Waals surface area contributed by atoms with Crippen molar-refractivity contribution in [3.05, 3.63) is 28.8 Å². The molecule has 6 heteroatoms. The first-order chi connectivity index (χ1) is 9.70. The lowest BCUT2D eigenvalue weighted by Crippen LogP contribution is -2.34. The van der Waals surface area contributed by atoms with Gasteiger partial charge in [-0.2, -0.15) is 0 Å². The highest BCUT2D eigenvalue weighted by molar-refractivity contribution is 7.89. The van der Waals surface area contributed by atoms with Crippen LogP contribution in [0.15, 0.2) is 17.0 Å². The quantitative estimate of drug-likeness (QED) is 0.844. The third-order valence-corrected chi connectivity index (χ3v) is 4.69. The summed E-state index contributed by atoms with van der Waals surface area (Å²) in [7, 11) is -3.84. The van der Waals surface area contributed by atoms with Crippen LogP contribution in [0.25, 0.3) is 0 Å². The first kappa shape index (κ1) is 17.7. The van der Waals surface area contributed by atoms with E-state index < -0.39 is 10.0 Å². The molecule has 0 spiro atoms. The smallest absolute Gasteiger partial charge is 0.251 e. The molecule has 1 aromatic rings. The maximum Gasteiger partial charge on any atom is 0.251 e. The monoisotopic (exact) mass is 312 g/mol. The lowest BCUT2D eigenvalue weighted by atomic mass is 10.0. The highest BCUT2D eigenvalue weighted by Gasteiger charge is 2.18. The molecule has 0 saturated heterocycles. The minimum atomic E-state index is -3.84. The van der Waals surface area contributed by atoms with Gasteiger partial charge in [0.1, 0.15) is 0 Å². The van der Waals surface area contributed by atoms with Crippen molar-refractivity contribution in [2.75, 3.05) is 0 Å². The number of primary sulfonamides is 1. The van der Waals surface area contributed by atoms with E-state index in [9.17, 15) is 13.2 Å². The third kappa shape index (κ3) is 4.54. The second-order valence-electron chi connectivity index (χ2n) is 5.33. The number of hydrogen-bond acceptors (Lipinski definition) is 3. The Morgan fingerprint density at radius 3 is 2.38 bits per heavy atom. The summed E-state index contributed by atoms with van der Waals surface area (Å²) < 4.78 is 23.2. The minimum Gasteiger partial charge on any atom is -0.349 e. The lowest BCUT2D eigenvalue weighted by molar-refractivity contribution is 0.0933. The van der Waals surface area contributed by atoms with Crippen LogP contribution in [-0.4, -0.2) is 20.4 Å². The molecule has 1 aromatic carbocycles. The van der Waals surface area contributed by atoms with Crippen LogP contribution in [0.3, 0.4) is 0 Å². The summed E-state index contributed by atoms with van der Waals surface area (Å²) in [6.45, 7) is 7.52. The van der Waals surface area contributed by atoms with Crippen molar-refractivity contribution < 1.29 is 13.2 Å². The van der Waals surface area contributed by atoms with E-state index in [2.05, 4.69) is 12.2 Å². The molecule has 0 heterocycles. The number of aryl methyl sites for hydroxylation is 1. The van der Waals surface area contributed by atoms with Crippen molar-refractivity contribution in [1.29, 1.82) is 0 Å². The van der Waals surface area contributed by atoms with E-state index in [1.807, 2.05) is 6.92 Å². The first-order valence-electron chi connectivity index (χ1n) is 7.15. The third-order valence-electron chi connectivity index (χ3n) is 3.65. The molecule has 0 saturated carbocycles. The second kappa shape index (κ2) is 7.04. The summed E-state index contributed by atoms with van der Waals surface area (Å²) in [5.74, 6) is -0.261. The molecular formula is C15H24N2O3S. The van der Waals surface area contributed by atoms with Crippen LogP contribution in [0, 0.1) is 13.8 Å². The number of amides is 1. The fourth-order valence-corrected chi connectivity index (χ4v) is 3.13. The van der Waals surface area contributed by atoms with Gasteiger partial charge in [0.15, 0.2) is 0 Å². The van der Waals surface area contributed by atoms with Crippen molar-refractivity contribution in [1.82, 2.24) is 5.32 Å². The summed E-state index contributed by atoms with van der Waals surface area (Å²) >= 11 is 0. The number of benzene rings is 1. The fourth-order valence-electron chi connectivity index (χ4n) is 2.25. The molecule has 3 N–H and O–H groups in total. The van der Waals surface area contributed by atoms with Gasteiger partial charge in [-0.1, -0.05) is 20.3 Å². The SMILES string of the molecule is CCCC(CC)NC(=O)c1cc(C)c(C)c(S(N)(=O)=O)c1. The topological polar surface area (TPSA) is 89.3 Å². The van der Waals surface area contributed by atoms with Crippen LogP contribution in [0.2, 0.25) is 0 Å². The van der Waals surface area contributed by atoms with E-state index in [1.54, 1.807) is 19.9 Å². The van der Waals surface area contributed by atoms with Crippen molar-refractivity contribution in [3.8, 4) is 0 Å². The minimum absolute atomic E-state index is 0.0104. The molecular weight excluding hydrogens is 288 g/mol. The molecule has 0 radical (unpaired) electrons. The summed E-state index contributed by atoms with van der Waals surface area (Å²) in [5.41, 5.74) is 1.64. The average molecular weight is 312 g/mol. The van der Waals surface area contributed by atoms with E-state index >= 15 is 0 Å². The molecule has 21 heavy (non-hydrogen) atoms. The van der Waals surface area contributed by atoms with Crippen molar-refractivity contribution >= 4 is 15.9 Å². The number of nitrogens with one attached hydrogen (secondary N) is 1. The Morgan fingerprint density at radius 2 is 1.90 bits per heavy atom. The largest absolute Gasteiger partial charge is 0.349 e. The summed E-state index contributed by atoms with van der Waals surface area (Å²) in [4.78, 5) is 12.3. The van der Waals surface area contributed by atoms with E-state index in [1.165, 1.54) is 6.07 Å². The average Bonchev–Trinajstić information content (AvgIpc) is 2.39. The lowest BCUT2D eigenvalue weighted by Gasteiger charge is -2.17. The maximum absolute atomic E-state index is 12.3. The molecule has 0 aromatic heterocycles. The van der Waals surface area contributed by atoms with Gasteiger partial charge in [0.25, 0.3) is 5.91 Å². The maximum atomic E-state index is 12.3. The van der Waals surface area contributed by atoms with Crippen LogP contribution < -0.4 is 10.5 Å². The molecule has 5 nitrogen and oxygen atoms in total. The zero-order chi connectivity index (χ0) is 16.2. The highest BCUT2D eigenvalue weighted by Crippen LogP contribution is 2.20. The predicted molar refractivity (Wildman–Crippen MR) is 83.7 cm³/mol. The molecule has 0 aliphatic carbocycles. The Kier molecular flexibility index (Phi) is 5.92. The highest BCUT2D eigenvalue weighted by atomic mass is 32.2. The Hall–Kier alpha value is -1.40. The van der Waals surface area contributed by atoms with E-state index in [0.29, 0.717) is 11.1 Å².